The Labute approximate surface area is 96.0 Å². The van der Waals surface area contributed by atoms with Gasteiger partial charge in [0.05, 0.1) is 11.0 Å². The van der Waals surface area contributed by atoms with Crippen molar-refractivity contribution in [1.82, 2.24) is 9.55 Å². The lowest BCUT2D eigenvalue weighted by Crippen LogP contribution is -2.13. The zero-order valence-electron chi connectivity index (χ0n) is 8.73. The van der Waals surface area contributed by atoms with Crippen LogP contribution in [0.25, 0.3) is 16.0 Å². The van der Waals surface area contributed by atoms with Crippen LogP contribution in [0.5, 0.6) is 0 Å². The molecule has 0 atom stereocenters. The number of aryl methyl sites for hydroxylation is 1. The minimum absolute atomic E-state index is 0.0771. The number of fused-ring (bicyclic) bond motifs is 1. The van der Waals surface area contributed by atoms with Crippen LogP contribution in [0.3, 0.4) is 0 Å². The highest BCUT2D eigenvalue weighted by Crippen LogP contribution is 2.21. The highest BCUT2D eigenvalue weighted by atomic mass is 32.1. The topological polar surface area (TPSA) is 37.8 Å². The lowest BCUT2D eigenvalue weighted by molar-refractivity contribution is 1.03. The summed E-state index contributed by atoms with van der Waals surface area (Å²) in [4.78, 5) is 14.8. The van der Waals surface area contributed by atoms with Gasteiger partial charge in [-0.2, -0.15) is 0 Å². The summed E-state index contributed by atoms with van der Waals surface area (Å²) < 4.78 is 1.73. The van der Waals surface area contributed by atoms with Crippen LogP contribution in [0.1, 0.15) is 5.56 Å². The largest absolute Gasteiger partial charge is 0.331 e. The Hall–Kier alpha value is -1.81. The fourth-order valence-corrected chi connectivity index (χ4v) is 2.67. The Morgan fingerprint density at radius 1 is 1.25 bits per heavy atom. The third-order valence-electron chi connectivity index (χ3n) is 2.63. The molecule has 0 aliphatic rings. The number of nitrogens with zero attached hydrogens (tertiary/aromatic N) is 1. The van der Waals surface area contributed by atoms with Gasteiger partial charge in [0.25, 0.3) is 0 Å². The molecule has 0 amide bonds. The number of H-pyrrole nitrogens is 1. The summed E-state index contributed by atoms with van der Waals surface area (Å²) >= 11 is 1.56. The van der Waals surface area contributed by atoms with Gasteiger partial charge >= 0.3 is 5.69 Å². The van der Waals surface area contributed by atoms with E-state index in [2.05, 4.69) is 4.98 Å². The second-order valence-electron chi connectivity index (χ2n) is 3.69. The van der Waals surface area contributed by atoms with E-state index in [1.54, 1.807) is 15.9 Å². The van der Waals surface area contributed by atoms with Gasteiger partial charge in [-0.15, -0.1) is 11.3 Å². The molecule has 16 heavy (non-hydrogen) atoms. The van der Waals surface area contributed by atoms with Crippen LogP contribution in [-0.2, 0) is 0 Å². The molecule has 0 aliphatic carbocycles. The Morgan fingerprint density at radius 3 is 2.88 bits per heavy atom. The molecule has 0 spiro atoms. The zero-order chi connectivity index (χ0) is 11.1. The third-order valence-corrected chi connectivity index (χ3v) is 3.49. The Balaban J connectivity index is 2.49. The first-order valence-corrected chi connectivity index (χ1v) is 5.89. The molecule has 0 aliphatic heterocycles. The molecule has 1 aromatic carbocycles. The molecule has 0 saturated heterocycles. The van der Waals surface area contributed by atoms with Crippen molar-refractivity contribution in [2.75, 3.05) is 0 Å². The average Bonchev–Trinajstić information content (AvgIpc) is 2.84. The minimum Gasteiger partial charge on any atom is -0.305 e. The maximum atomic E-state index is 11.9. The van der Waals surface area contributed by atoms with E-state index >= 15 is 0 Å². The summed E-state index contributed by atoms with van der Waals surface area (Å²) in [6, 6.07) is 9.79. The predicted molar refractivity (Wildman–Crippen MR) is 66.5 cm³/mol. The van der Waals surface area contributed by atoms with E-state index in [1.165, 1.54) is 0 Å². The number of benzene rings is 1. The van der Waals surface area contributed by atoms with Gasteiger partial charge in [0, 0.05) is 0 Å². The van der Waals surface area contributed by atoms with E-state index in [0.717, 1.165) is 21.6 Å². The molecular weight excluding hydrogens is 220 g/mol. The molecule has 4 heteroatoms. The maximum Gasteiger partial charge on any atom is 0.331 e. The molecular formula is C12H10N2OS. The van der Waals surface area contributed by atoms with E-state index in [4.69, 9.17) is 0 Å². The molecule has 0 radical (unpaired) electrons. The lowest BCUT2D eigenvalue weighted by Gasteiger charge is -2.01. The molecule has 2 heterocycles. The SMILES string of the molecule is Cc1cccc2[nH]c(=O)n(-c3cccs3)c12. The molecule has 0 saturated carbocycles. The van der Waals surface area contributed by atoms with Gasteiger partial charge in [-0.25, -0.2) is 4.79 Å². The van der Waals surface area contributed by atoms with E-state index in [9.17, 15) is 4.79 Å². The van der Waals surface area contributed by atoms with E-state index in [-0.39, 0.29) is 5.69 Å². The number of rotatable bonds is 1. The van der Waals surface area contributed by atoms with Crippen molar-refractivity contribution in [3.8, 4) is 5.00 Å². The summed E-state index contributed by atoms with van der Waals surface area (Å²) in [7, 11) is 0. The van der Waals surface area contributed by atoms with Crippen molar-refractivity contribution in [3.05, 3.63) is 51.8 Å². The third kappa shape index (κ3) is 1.23. The molecule has 1 N–H and O–H groups in total. The number of aromatic amines is 1. The van der Waals surface area contributed by atoms with Crippen LogP contribution in [0.15, 0.2) is 40.5 Å². The summed E-state index contributed by atoms with van der Waals surface area (Å²) in [6.07, 6.45) is 0. The number of hydrogen-bond acceptors (Lipinski definition) is 2. The fourth-order valence-electron chi connectivity index (χ4n) is 1.94. The highest BCUT2D eigenvalue weighted by Gasteiger charge is 2.10. The molecule has 0 unspecified atom stereocenters. The van der Waals surface area contributed by atoms with Crippen molar-refractivity contribution in [2.24, 2.45) is 0 Å². The predicted octanol–water partition coefficient (Wildman–Crippen LogP) is 2.69. The molecule has 3 aromatic rings. The van der Waals surface area contributed by atoms with Crippen molar-refractivity contribution in [3.63, 3.8) is 0 Å². The van der Waals surface area contributed by atoms with Gasteiger partial charge in [-0.05, 0) is 36.1 Å². The number of hydrogen-bond donors (Lipinski definition) is 1. The second kappa shape index (κ2) is 3.35. The van der Waals surface area contributed by atoms with Crippen LogP contribution in [-0.4, -0.2) is 9.55 Å². The van der Waals surface area contributed by atoms with Gasteiger partial charge < -0.3 is 4.98 Å². The van der Waals surface area contributed by atoms with Crippen molar-refractivity contribution >= 4 is 22.4 Å². The van der Waals surface area contributed by atoms with Crippen molar-refractivity contribution in [1.29, 1.82) is 0 Å². The van der Waals surface area contributed by atoms with Crippen LogP contribution in [0.2, 0.25) is 0 Å². The maximum absolute atomic E-state index is 11.9. The van der Waals surface area contributed by atoms with E-state index in [1.807, 2.05) is 42.6 Å². The smallest absolute Gasteiger partial charge is 0.305 e. The minimum atomic E-state index is -0.0771. The Morgan fingerprint density at radius 2 is 2.12 bits per heavy atom. The standard InChI is InChI=1S/C12H10N2OS/c1-8-4-2-5-9-11(8)14(12(15)13-9)10-6-3-7-16-10/h2-7H,1H3,(H,13,15). The van der Waals surface area contributed by atoms with E-state index in [0.29, 0.717) is 0 Å². The van der Waals surface area contributed by atoms with Gasteiger partial charge in [-0.1, -0.05) is 12.1 Å². The fraction of sp³-hybridized carbons (Fsp3) is 0.0833. The zero-order valence-corrected chi connectivity index (χ0v) is 9.54. The number of nitrogens with one attached hydrogen (secondary N) is 1. The van der Waals surface area contributed by atoms with Gasteiger partial charge in [-0.3, -0.25) is 4.57 Å². The molecule has 3 nitrogen and oxygen atoms in total. The molecule has 0 bridgehead atoms. The van der Waals surface area contributed by atoms with Crippen LogP contribution in [0.4, 0.5) is 0 Å². The monoisotopic (exact) mass is 230 g/mol. The summed E-state index contributed by atoms with van der Waals surface area (Å²) in [5, 5.41) is 2.92. The average molecular weight is 230 g/mol. The van der Waals surface area contributed by atoms with Gasteiger partial charge in [0.1, 0.15) is 5.00 Å². The van der Waals surface area contributed by atoms with Gasteiger partial charge in [0.15, 0.2) is 0 Å². The van der Waals surface area contributed by atoms with Gasteiger partial charge in [0.2, 0.25) is 0 Å². The normalized spacial score (nSPS) is 11.1. The summed E-state index contributed by atoms with van der Waals surface area (Å²) in [6.45, 7) is 2.01. The quantitative estimate of drug-likeness (QED) is 0.685. The highest BCUT2D eigenvalue weighted by molar-refractivity contribution is 7.12. The first-order valence-electron chi connectivity index (χ1n) is 5.01. The first kappa shape index (κ1) is 9.42. The number of aromatic nitrogens is 2. The number of imidazole rings is 1. The molecule has 0 fully saturated rings. The Kier molecular flexibility index (Phi) is 1.97. The van der Waals surface area contributed by atoms with Crippen molar-refractivity contribution < 1.29 is 0 Å². The van der Waals surface area contributed by atoms with Crippen LogP contribution >= 0.6 is 11.3 Å². The van der Waals surface area contributed by atoms with Crippen LogP contribution < -0.4 is 5.69 Å². The second-order valence-corrected chi connectivity index (χ2v) is 4.61. The number of para-hydroxylation sites is 1. The first-order chi connectivity index (χ1) is 7.77. The van der Waals surface area contributed by atoms with Crippen LogP contribution in [0, 0.1) is 6.92 Å². The Bertz CT molecular complexity index is 691. The molecule has 3 rings (SSSR count). The molecule has 80 valence electrons. The summed E-state index contributed by atoms with van der Waals surface area (Å²) in [5.74, 6) is 0. The van der Waals surface area contributed by atoms with E-state index < -0.39 is 0 Å². The van der Waals surface area contributed by atoms with Crippen molar-refractivity contribution in [2.45, 2.75) is 6.92 Å². The number of thiophene rings is 1. The molecule has 2 aromatic heterocycles. The lowest BCUT2D eigenvalue weighted by atomic mass is 10.2. The summed E-state index contributed by atoms with van der Waals surface area (Å²) in [5.41, 5.74) is 2.88.